The van der Waals surface area contributed by atoms with E-state index in [9.17, 15) is 9.59 Å². The molecule has 0 unspecified atom stereocenters. The zero-order chi connectivity index (χ0) is 24.0. The van der Waals surface area contributed by atoms with Crippen molar-refractivity contribution in [3.63, 3.8) is 0 Å². The van der Waals surface area contributed by atoms with Gasteiger partial charge in [-0.1, -0.05) is 49.2 Å². The van der Waals surface area contributed by atoms with Crippen LogP contribution in [0.15, 0.2) is 45.8 Å². The number of carbonyl (C=O) groups is 2. The van der Waals surface area contributed by atoms with Gasteiger partial charge >= 0.3 is 0 Å². The highest BCUT2D eigenvalue weighted by Gasteiger charge is 2.34. The van der Waals surface area contributed by atoms with E-state index in [1.807, 2.05) is 6.07 Å². The zero-order valence-corrected chi connectivity index (χ0v) is 22.0. The Morgan fingerprint density at radius 2 is 2.09 bits per heavy atom. The number of nitrogens with one attached hydrogen (secondary N) is 1. The van der Waals surface area contributed by atoms with Crippen LogP contribution in [0.1, 0.15) is 42.1 Å². The molecule has 1 fully saturated rings. The molecule has 0 aliphatic carbocycles. The third-order valence-corrected chi connectivity index (χ3v) is 6.76. The van der Waals surface area contributed by atoms with Crippen LogP contribution in [0.25, 0.3) is 6.08 Å². The van der Waals surface area contributed by atoms with Crippen molar-refractivity contribution in [1.29, 1.82) is 0 Å². The first-order chi connectivity index (χ1) is 15.8. The van der Waals surface area contributed by atoms with Crippen molar-refractivity contribution < 1.29 is 19.1 Å². The van der Waals surface area contributed by atoms with Gasteiger partial charge in [-0.25, -0.2) is 0 Å². The number of carbonyl (C=O) groups excluding carboxylic acids is 2. The van der Waals surface area contributed by atoms with Crippen LogP contribution in [-0.2, 0) is 4.79 Å². The highest BCUT2D eigenvalue weighted by molar-refractivity contribution is 9.10. The Labute approximate surface area is 215 Å². The molecular weight excluding hydrogens is 548 g/mol. The number of hydrazine groups is 1. The predicted octanol–water partition coefficient (Wildman–Crippen LogP) is 6.23. The molecule has 0 atom stereocenters. The molecule has 1 heterocycles. The molecule has 2 aromatic rings. The minimum atomic E-state index is -0.482. The van der Waals surface area contributed by atoms with Gasteiger partial charge in [-0.3, -0.25) is 15.0 Å². The van der Waals surface area contributed by atoms with Crippen molar-refractivity contribution in [1.82, 2.24) is 10.4 Å². The van der Waals surface area contributed by atoms with Gasteiger partial charge in [0.2, 0.25) is 0 Å². The van der Waals surface area contributed by atoms with Crippen LogP contribution in [0.2, 0.25) is 5.02 Å². The Morgan fingerprint density at radius 3 is 2.79 bits per heavy atom. The second kappa shape index (κ2) is 11.9. The van der Waals surface area contributed by atoms with Crippen molar-refractivity contribution in [3.8, 4) is 11.5 Å². The van der Waals surface area contributed by atoms with Crippen LogP contribution in [-0.4, -0.2) is 34.9 Å². The minimum Gasteiger partial charge on any atom is -0.493 e. The summed E-state index contributed by atoms with van der Waals surface area (Å²) in [4.78, 5) is 25.8. The number of thioether (sulfide) groups is 1. The van der Waals surface area contributed by atoms with E-state index in [2.05, 4.69) is 28.3 Å². The Balaban J connectivity index is 1.76. The summed E-state index contributed by atoms with van der Waals surface area (Å²) in [6.45, 7) is 2.73. The Morgan fingerprint density at radius 1 is 1.30 bits per heavy atom. The predicted molar refractivity (Wildman–Crippen MR) is 140 cm³/mol. The number of halogens is 2. The van der Waals surface area contributed by atoms with Gasteiger partial charge in [0, 0.05) is 10.6 Å². The number of amides is 2. The van der Waals surface area contributed by atoms with Crippen molar-refractivity contribution in [3.05, 3.63) is 61.9 Å². The summed E-state index contributed by atoms with van der Waals surface area (Å²) >= 11 is 15.9. The SMILES string of the molecule is CCCCCOc1c(Br)cc(/C=C2\SC(=S)N(NC(=O)c3cccc(Cl)c3)C2=O)cc1OC. The molecule has 0 radical (unpaired) electrons. The molecule has 1 saturated heterocycles. The molecule has 0 bridgehead atoms. The maximum atomic E-state index is 12.9. The fourth-order valence-corrected chi connectivity index (χ4v) is 4.94. The first kappa shape index (κ1) is 25.6. The standard InChI is InChI=1S/C23H22BrClN2O4S2/c1-3-4-5-9-31-20-17(24)10-14(11-18(20)30-2)12-19-22(29)27(23(32)33-19)26-21(28)15-7-6-8-16(25)13-15/h6-8,10-13H,3-5,9H2,1-2H3,(H,26,28)/b19-12-. The maximum absolute atomic E-state index is 12.9. The number of nitrogens with zero attached hydrogens (tertiary/aromatic N) is 1. The Hall–Kier alpha value is -2.07. The lowest BCUT2D eigenvalue weighted by molar-refractivity contribution is -0.123. The molecule has 1 aliphatic rings. The van der Waals surface area contributed by atoms with E-state index in [1.165, 1.54) is 6.07 Å². The van der Waals surface area contributed by atoms with Crippen molar-refractivity contribution >= 4 is 73.7 Å². The third-order valence-electron chi connectivity index (χ3n) is 4.64. The van der Waals surface area contributed by atoms with Gasteiger partial charge in [-0.2, -0.15) is 5.01 Å². The van der Waals surface area contributed by atoms with E-state index in [0.29, 0.717) is 38.1 Å². The number of unbranched alkanes of at least 4 members (excludes halogenated alkanes) is 2. The van der Waals surface area contributed by atoms with Crippen LogP contribution in [0.5, 0.6) is 11.5 Å². The average molecular weight is 570 g/mol. The summed E-state index contributed by atoms with van der Waals surface area (Å²) in [6.07, 6.45) is 4.85. The normalized spacial score (nSPS) is 14.7. The molecule has 1 N–H and O–H groups in total. The number of benzene rings is 2. The second-order valence-corrected chi connectivity index (χ2v) is 10.0. The molecule has 0 saturated carbocycles. The first-order valence-corrected chi connectivity index (χ1v) is 12.6. The Kier molecular flexibility index (Phi) is 9.19. The third kappa shape index (κ3) is 6.50. The summed E-state index contributed by atoms with van der Waals surface area (Å²) in [7, 11) is 1.56. The van der Waals surface area contributed by atoms with Gasteiger partial charge in [0.15, 0.2) is 15.8 Å². The van der Waals surface area contributed by atoms with Crippen LogP contribution >= 0.6 is 51.5 Å². The van der Waals surface area contributed by atoms with Gasteiger partial charge in [-0.15, -0.1) is 0 Å². The lowest BCUT2D eigenvalue weighted by atomic mass is 10.2. The van der Waals surface area contributed by atoms with E-state index in [1.54, 1.807) is 37.5 Å². The number of hydrogen-bond acceptors (Lipinski definition) is 6. The van der Waals surface area contributed by atoms with Gasteiger partial charge in [0.25, 0.3) is 11.8 Å². The second-order valence-electron chi connectivity index (χ2n) is 7.06. The number of rotatable bonds is 9. The van der Waals surface area contributed by atoms with Gasteiger partial charge < -0.3 is 9.47 Å². The molecule has 1 aliphatic heterocycles. The van der Waals surface area contributed by atoms with Crippen LogP contribution < -0.4 is 14.9 Å². The van der Waals surface area contributed by atoms with Crippen LogP contribution in [0, 0.1) is 0 Å². The smallest absolute Gasteiger partial charge is 0.285 e. The topological polar surface area (TPSA) is 67.9 Å². The largest absolute Gasteiger partial charge is 0.493 e. The van der Waals surface area contributed by atoms with E-state index in [0.717, 1.165) is 41.6 Å². The summed E-state index contributed by atoms with van der Waals surface area (Å²) in [5.41, 5.74) is 3.59. The molecule has 174 valence electrons. The van der Waals surface area contributed by atoms with Gasteiger partial charge in [-0.05, 0) is 76.5 Å². The first-order valence-electron chi connectivity index (χ1n) is 10.2. The maximum Gasteiger partial charge on any atom is 0.285 e. The molecule has 2 aromatic carbocycles. The van der Waals surface area contributed by atoms with E-state index < -0.39 is 11.8 Å². The zero-order valence-electron chi connectivity index (χ0n) is 18.0. The number of ether oxygens (including phenoxy) is 2. The molecule has 0 spiro atoms. The lowest BCUT2D eigenvalue weighted by Gasteiger charge is -2.15. The Bertz CT molecular complexity index is 1110. The van der Waals surface area contributed by atoms with Gasteiger partial charge in [0.1, 0.15) is 0 Å². The highest BCUT2D eigenvalue weighted by atomic mass is 79.9. The fraction of sp³-hybridized carbons (Fsp3) is 0.261. The van der Waals surface area contributed by atoms with E-state index in [-0.39, 0.29) is 4.32 Å². The molecule has 6 nitrogen and oxygen atoms in total. The van der Waals surface area contributed by atoms with Crippen LogP contribution in [0.3, 0.4) is 0 Å². The number of thiocarbonyl (C=S) groups is 1. The van der Waals surface area contributed by atoms with Crippen molar-refractivity contribution in [2.45, 2.75) is 26.2 Å². The summed E-state index contributed by atoms with van der Waals surface area (Å²) in [5, 5.41) is 1.48. The number of methoxy groups -OCH3 is 1. The lowest BCUT2D eigenvalue weighted by Crippen LogP contribution is -2.44. The molecule has 10 heteroatoms. The van der Waals surface area contributed by atoms with Crippen LogP contribution in [0.4, 0.5) is 0 Å². The summed E-state index contributed by atoms with van der Waals surface area (Å²) < 4.78 is 12.3. The summed E-state index contributed by atoms with van der Waals surface area (Å²) in [6, 6.07) is 10.1. The monoisotopic (exact) mass is 568 g/mol. The molecule has 3 rings (SSSR count). The van der Waals surface area contributed by atoms with Crippen molar-refractivity contribution in [2.24, 2.45) is 0 Å². The summed E-state index contributed by atoms with van der Waals surface area (Å²) in [5.74, 6) is 0.267. The molecular formula is C23H22BrClN2O4S2. The molecule has 2 amide bonds. The van der Waals surface area contributed by atoms with Crippen molar-refractivity contribution in [2.75, 3.05) is 13.7 Å². The molecule has 0 aromatic heterocycles. The minimum absolute atomic E-state index is 0.225. The quantitative estimate of drug-likeness (QED) is 0.219. The fourth-order valence-electron chi connectivity index (χ4n) is 3.00. The number of hydrogen-bond donors (Lipinski definition) is 1. The van der Waals surface area contributed by atoms with E-state index >= 15 is 0 Å². The highest BCUT2D eigenvalue weighted by Crippen LogP contribution is 2.39. The molecule has 33 heavy (non-hydrogen) atoms. The van der Waals surface area contributed by atoms with E-state index in [4.69, 9.17) is 33.3 Å². The average Bonchev–Trinajstić information content (AvgIpc) is 3.04. The van der Waals surface area contributed by atoms with Gasteiger partial charge in [0.05, 0.1) is 23.1 Å².